The van der Waals surface area contributed by atoms with Crippen LogP contribution < -0.4 is 5.32 Å². The number of nitrogens with one attached hydrogen (secondary N) is 1. The van der Waals surface area contributed by atoms with E-state index < -0.39 is 0 Å². The molecule has 3 nitrogen and oxygen atoms in total. The zero-order valence-corrected chi connectivity index (χ0v) is 12.1. The van der Waals surface area contributed by atoms with Crippen molar-refractivity contribution in [3.63, 3.8) is 0 Å². The smallest absolute Gasteiger partial charge is 0.244 e. The first-order chi connectivity index (χ1) is 9.16. The summed E-state index contributed by atoms with van der Waals surface area (Å²) in [7, 11) is 0. The van der Waals surface area contributed by atoms with E-state index in [4.69, 9.17) is 0 Å². The predicted molar refractivity (Wildman–Crippen MR) is 79.1 cm³/mol. The molecule has 1 amide bonds. The van der Waals surface area contributed by atoms with Gasteiger partial charge in [-0.1, -0.05) is 12.8 Å². The van der Waals surface area contributed by atoms with Crippen molar-refractivity contribution in [1.29, 1.82) is 0 Å². The lowest BCUT2D eigenvalue weighted by Gasteiger charge is -2.27. The fourth-order valence-corrected chi connectivity index (χ4v) is 3.24. The highest BCUT2D eigenvalue weighted by molar-refractivity contribution is 7.11. The minimum absolute atomic E-state index is 0.0782. The molecular formula is C15H21NO2S. The van der Waals surface area contributed by atoms with Gasteiger partial charge in [0.1, 0.15) is 0 Å². The third-order valence-corrected chi connectivity index (χ3v) is 4.68. The number of aliphatic hydroxyl groups excluding tert-OH is 1. The van der Waals surface area contributed by atoms with Gasteiger partial charge < -0.3 is 10.4 Å². The molecule has 1 fully saturated rings. The standard InChI is InChI=1S/C15H21NO2S/c1-11-8-9-19-14(11)6-7-15(18)16-10-12-4-2-3-5-13(12)17/h6-9,12-13,17H,2-5,10H2,1H3,(H,16,18). The van der Waals surface area contributed by atoms with Gasteiger partial charge in [-0.05, 0) is 42.9 Å². The number of rotatable bonds is 4. The van der Waals surface area contributed by atoms with E-state index in [0.717, 1.165) is 30.6 Å². The summed E-state index contributed by atoms with van der Waals surface area (Å²) in [6.07, 6.45) is 7.31. The van der Waals surface area contributed by atoms with Crippen molar-refractivity contribution in [2.24, 2.45) is 5.92 Å². The van der Waals surface area contributed by atoms with Gasteiger partial charge >= 0.3 is 0 Å². The Hall–Kier alpha value is -1.13. The molecule has 1 aromatic rings. The number of aliphatic hydroxyl groups is 1. The summed E-state index contributed by atoms with van der Waals surface area (Å²) in [4.78, 5) is 12.8. The SMILES string of the molecule is Cc1ccsc1C=CC(=O)NCC1CCCCC1O. The molecule has 104 valence electrons. The molecule has 2 atom stereocenters. The number of aryl methyl sites for hydroxylation is 1. The fraction of sp³-hybridized carbons (Fsp3) is 0.533. The number of carbonyl (C=O) groups is 1. The van der Waals surface area contributed by atoms with Gasteiger partial charge in [-0.25, -0.2) is 0 Å². The number of thiophene rings is 1. The molecule has 4 heteroatoms. The van der Waals surface area contributed by atoms with Gasteiger partial charge in [0.15, 0.2) is 0 Å². The quantitative estimate of drug-likeness (QED) is 0.833. The van der Waals surface area contributed by atoms with E-state index >= 15 is 0 Å². The molecule has 1 heterocycles. The van der Waals surface area contributed by atoms with E-state index in [2.05, 4.69) is 5.32 Å². The van der Waals surface area contributed by atoms with Crippen LogP contribution in [0.5, 0.6) is 0 Å². The topological polar surface area (TPSA) is 49.3 Å². The molecular weight excluding hydrogens is 258 g/mol. The number of hydrogen-bond acceptors (Lipinski definition) is 3. The minimum Gasteiger partial charge on any atom is -0.393 e. The van der Waals surface area contributed by atoms with E-state index in [1.54, 1.807) is 17.4 Å². The van der Waals surface area contributed by atoms with Crippen molar-refractivity contribution < 1.29 is 9.90 Å². The van der Waals surface area contributed by atoms with Gasteiger partial charge in [0.2, 0.25) is 5.91 Å². The Labute approximate surface area is 118 Å². The van der Waals surface area contributed by atoms with Crippen LogP contribution in [0, 0.1) is 12.8 Å². The molecule has 0 spiro atoms. The lowest BCUT2D eigenvalue weighted by atomic mass is 9.86. The number of amides is 1. The third-order valence-electron chi connectivity index (χ3n) is 3.70. The Balaban J connectivity index is 1.78. The van der Waals surface area contributed by atoms with Crippen LogP contribution in [0.15, 0.2) is 17.5 Å². The molecule has 1 aromatic heterocycles. The second-order valence-electron chi connectivity index (χ2n) is 5.16. The van der Waals surface area contributed by atoms with Crippen molar-refractivity contribution in [2.75, 3.05) is 6.54 Å². The van der Waals surface area contributed by atoms with Gasteiger partial charge in [-0.15, -0.1) is 11.3 Å². The molecule has 2 N–H and O–H groups in total. The first-order valence-corrected chi connectivity index (χ1v) is 7.73. The Morgan fingerprint density at radius 3 is 3.00 bits per heavy atom. The molecule has 0 bridgehead atoms. The van der Waals surface area contributed by atoms with Crippen LogP contribution in [0.3, 0.4) is 0 Å². The van der Waals surface area contributed by atoms with Crippen LogP contribution in [0.1, 0.15) is 36.1 Å². The summed E-state index contributed by atoms with van der Waals surface area (Å²) in [6.45, 7) is 2.61. The van der Waals surface area contributed by atoms with E-state index in [-0.39, 0.29) is 17.9 Å². The van der Waals surface area contributed by atoms with Crippen molar-refractivity contribution in [3.05, 3.63) is 28.0 Å². The van der Waals surface area contributed by atoms with Crippen LogP contribution in [-0.2, 0) is 4.79 Å². The lowest BCUT2D eigenvalue weighted by Crippen LogP contribution is -2.36. The maximum atomic E-state index is 11.7. The molecule has 1 aliphatic rings. The highest BCUT2D eigenvalue weighted by atomic mass is 32.1. The van der Waals surface area contributed by atoms with Gasteiger partial charge in [-0.2, -0.15) is 0 Å². The summed E-state index contributed by atoms with van der Waals surface area (Å²) < 4.78 is 0. The monoisotopic (exact) mass is 279 g/mol. The first kappa shape index (κ1) is 14.3. The molecule has 1 aliphatic carbocycles. The first-order valence-electron chi connectivity index (χ1n) is 6.85. The molecule has 2 unspecified atom stereocenters. The van der Waals surface area contributed by atoms with Crippen LogP contribution >= 0.6 is 11.3 Å². The van der Waals surface area contributed by atoms with Gasteiger partial charge in [0.25, 0.3) is 0 Å². The molecule has 2 rings (SSSR count). The molecule has 0 radical (unpaired) electrons. The largest absolute Gasteiger partial charge is 0.393 e. The van der Waals surface area contributed by atoms with Crippen LogP contribution in [-0.4, -0.2) is 23.7 Å². The van der Waals surface area contributed by atoms with Crippen LogP contribution in [0.2, 0.25) is 0 Å². The Bertz CT molecular complexity index is 453. The lowest BCUT2D eigenvalue weighted by molar-refractivity contribution is -0.116. The van der Waals surface area contributed by atoms with E-state index in [1.807, 2.05) is 24.4 Å². The Morgan fingerprint density at radius 1 is 1.53 bits per heavy atom. The molecule has 0 aromatic carbocycles. The summed E-state index contributed by atoms with van der Waals surface area (Å²) >= 11 is 1.63. The summed E-state index contributed by atoms with van der Waals surface area (Å²) in [5.74, 6) is 0.139. The maximum Gasteiger partial charge on any atom is 0.244 e. The minimum atomic E-state index is -0.252. The van der Waals surface area contributed by atoms with Crippen molar-refractivity contribution in [1.82, 2.24) is 5.32 Å². The van der Waals surface area contributed by atoms with Crippen LogP contribution in [0.4, 0.5) is 0 Å². The van der Waals surface area contributed by atoms with Gasteiger partial charge in [0, 0.05) is 23.4 Å². The number of carbonyl (C=O) groups excluding carboxylic acids is 1. The van der Waals surface area contributed by atoms with E-state index in [1.165, 1.54) is 5.56 Å². The second-order valence-corrected chi connectivity index (χ2v) is 6.11. The molecule has 0 saturated heterocycles. The van der Waals surface area contributed by atoms with Gasteiger partial charge in [0.05, 0.1) is 6.10 Å². The normalized spacial score (nSPS) is 23.7. The zero-order chi connectivity index (χ0) is 13.7. The third kappa shape index (κ3) is 4.18. The summed E-state index contributed by atoms with van der Waals surface area (Å²) in [5, 5.41) is 14.7. The zero-order valence-electron chi connectivity index (χ0n) is 11.3. The molecule has 0 aliphatic heterocycles. The predicted octanol–water partition coefficient (Wildman–Crippen LogP) is 2.74. The second kappa shape index (κ2) is 6.87. The van der Waals surface area contributed by atoms with Gasteiger partial charge in [-0.3, -0.25) is 4.79 Å². The summed E-state index contributed by atoms with van der Waals surface area (Å²) in [5.41, 5.74) is 1.19. The van der Waals surface area contributed by atoms with Crippen molar-refractivity contribution >= 4 is 23.3 Å². The van der Waals surface area contributed by atoms with Crippen molar-refractivity contribution in [2.45, 2.75) is 38.7 Å². The fourth-order valence-electron chi connectivity index (χ4n) is 2.42. The molecule has 19 heavy (non-hydrogen) atoms. The maximum absolute atomic E-state index is 11.7. The molecule has 1 saturated carbocycles. The Kier molecular flexibility index (Phi) is 5.16. The van der Waals surface area contributed by atoms with Crippen molar-refractivity contribution in [3.8, 4) is 0 Å². The number of hydrogen-bond donors (Lipinski definition) is 2. The highest BCUT2D eigenvalue weighted by Gasteiger charge is 2.22. The summed E-state index contributed by atoms with van der Waals surface area (Å²) in [6, 6.07) is 2.04. The average molecular weight is 279 g/mol. The van der Waals surface area contributed by atoms with Crippen LogP contribution in [0.25, 0.3) is 6.08 Å². The van der Waals surface area contributed by atoms with E-state index in [9.17, 15) is 9.90 Å². The average Bonchev–Trinajstić information content (AvgIpc) is 2.81. The Morgan fingerprint density at radius 2 is 2.32 bits per heavy atom. The highest BCUT2D eigenvalue weighted by Crippen LogP contribution is 2.23. The van der Waals surface area contributed by atoms with E-state index in [0.29, 0.717) is 6.54 Å².